The zero-order chi connectivity index (χ0) is 19.3. The molecule has 2 aromatic rings. The second-order valence-corrected chi connectivity index (χ2v) is 7.69. The molecule has 0 spiro atoms. The third kappa shape index (κ3) is 4.80. The molecule has 0 saturated heterocycles. The van der Waals surface area contributed by atoms with Crippen molar-refractivity contribution in [2.45, 2.75) is 31.2 Å². The van der Waals surface area contributed by atoms with E-state index in [4.69, 9.17) is 4.42 Å². The normalized spacial score (nSPS) is 12.6. The Morgan fingerprint density at radius 3 is 2.58 bits per heavy atom. The minimum atomic E-state index is -3.79. The van der Waals surface area contributed by atoms with Gasteiger partial charge in [-0.25, -0.2) is 13.1 Å². The van der Waals surface area contributed by atoms with Crippen LogP contribution in [0, 0.1) is 0 Å². The Balaban J connectivity index is 1.94. The highest BCUT2D eigenvalue weighted by atomic mass is 32.2. The number of carbonyl (C=O) groups excluding carboxylic acids is 2. The quantitative estimate of drug-likeness (QED) is 0.711. The van der Waals surface area contributed by atoms with Gasteiger partial charge < -0.3 is 9.32 Å². The Kier molecular flexibility index (Phi) is 6.33. The summed E-state index contributed by atoms with van der Waals surface area (Å²) in [5, 5.41) is 0. The molecular formula is C18H22N2O5S. The van der Waals surface area contributed by atoms with Gasteiger partial charge in [-0.05, 0) is 38.1 Å². The zero-order valence-corrected chi connectivity index (χ0v) is 15.7. The zero-order valence-electron chi connectivity index (χ0n) is 14.9. The average molecular weight is 378 g/mol. The summed E-state index contributed by atoms with van der Waals surface area (Å²) in [4.78, 5) is 25.1. The molecule has 0 aliphatic heterocycles. The van der Waals surface area contributed by atoms with Crippen LogP contribution in [0.4, 0.5) is 0 Å². The van der Waals surface area contributed by atoms with Gasteiger partial charge in [0.1, 0.15) is 5.76 Å². The van der Waals surface area contributed by atoms with Crippen molar-refractivity contribution < 1.29 is 22.4 Å². The average Bonchev–Trinajstić information content (AvgIpc) is 3.14. The smallest absolute Gasteiger partial charge is 0.240 e. The van der Waals surface area contributed by atoms with E-state index in [1.165, 1.54) is 36.3 Å². The van der Waals surface area contributed by atoms with Crippen LogP contribution in [0.1, 0.15) is 42.4 Å². The molecule has 1 N–H and O–H groups in total. The molecule has 1 unspecified atom stereocenters. The van der Waals surface area contributed by atoms with Gasteiger partial charge in [-0.2, -0.15) is 0 Å². The first-order valence-corrected chi connectivity index (χ1v) is 9.60. The Hall–Kier alpha value is -2.45. The number of carbonyl (C=O) groups is 2. The number of hydrogen-bond donors (Lipinski definition) is 1. The van der Waals surface area contributed by atoms with Crippen molar-refractivity contribution in [1.82, 2.24) is 9.62 Å². The van der Waals surface area contributed by atoms with Crippen LogP contribution in [0.25, 0.3) is 0 Å². The highest BCUT2D eigenvalue weighted by Crippen LogP contribution is 2.19. The molecule has 8 heteroatoms. The molecular weight excluding hydrogens is 356 g/mol. The van der Waals surface area contributed by atoms with Crippen molar-refractivity contribution in [1.29, 1.82) is 0 Å². The molecule has 0 saturated carbocycles. The lowest BCUT2D eigenvalue weighted by Gasteiger charge is -2.23. The third-order valence-electron chi connectivity index (χ3n) is 4.11. The molecule has 0 aliphatic carbocycles. The monoisotopic (exact) mass is 378 g/mol. The van der Waals surface area contributed by atoms with Crippen molar-refractivity contribution in [2.75, 3.05) is 13.6 Å². The van der Waals surface area contributed by atoms with E-state index in [-0.39, 0.29) is 35.6 Å². The highest BCUT2D eigenvalue weighted by molar-refractivity contribution is 7.89. The molecule has 26 heavy (non-hydrogen) atoms. The molecule has 2 rings (SSSR count). The topological polar surface area (TPSA) is 96.7 Å². The Morgan fingerprint density at radius 1 is 1.23 bits per heavy atom. The lowest BCUT2D eigenvalue weighted by molar-refractivity contribution is -0.131. The van der Waals surface area contributed by atoms with Gasteiger partial charge in [0.05, 0.1) is 17.2 Å². The van der Waals surface area contributed by atoms with Crippen LogP contribution < -0.4 is 4.72 Å². The SMILES string of the molecule is CC(=O)c1cccc(S(=O)(=O)NCCC(=O)N(C)C(C)c2ccco2)c1. The van der Waals surface area contributed by atoms with Crippen LogP contribution >= 0.6 is 0 Å². The van der Waals surface area contributed by atoms with Crippen molar-refractivity contribution in [3.05, 3.63) is 54.0 Å². The summed E-state index contributed by atoms with van der Waals surface area (Å²) in [5.74, 6) is 0.224. The molecule has 1 aromatic heterocycles. The number of furan rings is 1. The van der Waals surface area contributed by atoms with Crippen molar-refractivity contribution >= 4 is 21.7 Å². The van der Waals surface area contributed by atoms with Gasteiger partial charge in [-0.15, -0.1) is 0 Å². The largest absolute Gasteiger partial charge is 0.467 e. The first-order chi connectivity index (χ1) is 12.2. The van der Waals surface area contributed by atoms with Crippen LogP contribution in [0.15, 0.2) is 52.0 Å². The maximum absolute atomic E-state index is 12.3. The Labute approximate surface area is 153 Å². The molecule has 0 aliphatic rings. The summed E-state index contributed by atoms with van der Waals surface area (Å²) >= 11 is 0. The fourth-order valence-corrected chi connectivity index (χ4v) is 3.45. The van der Waals surface area contributed by atoms with E-state index < -0.39 is 10.0 Å². The fraction of sp³-hybridized carbons (Fsp3) is 0.333. The van der Waals surface area contributed by atoms with Crippen molar-refractivity contribution in [3.63, 3.8) is 0 Å². The molecule has 140 valence electrons. The molecule has 0 fully saturated rings. The Morgan fingerprint density at radius 2 is 1.96 bits per heavy atom. The van der Waals surface area contributed by atoms with Crippen molar-refractivity contribution in [3.8, 4) is 0 Å². The predicted molar refractivity (Wildman–Crippen MR) is 96.1 cm³/mol. The molecule has 1 heterocycles. The number of amides is 1. The van der Waals surface area contributed by atoms with Crippen LogP contribution in [0.2, 0.25) is 0 Å². The molecule has 0 bridgehead atoms. The lowest BCUT2D eigenvalue weighted by atomic mass is 10.2. The summed E-state index contributed by atoms with van der Waals surface area (Å²) in [6.07, 6.45) is 1.54. The van der Waals surface area contributed by atoms with Gasteiger partial charge in [0, 0.05) is 25.6 Å². The minimum absolute atomic E-state index is 0.00467. The first-order valence-electron chi connectivity index (χ1n) is 8.12. The summed E-state index contributed by atoms with van der Waals surface area (Å²) in [7, 11) is -2.15. The number of nitrogens with zero attached hydrogens (tertiary/aromatic N) is 1. The molecule has 1 aromatic carbocycles. The van der Waals surface area contributed by atoms with Gasteiger partial charge in [-0.1, -0.05) is 12.1 Å². The summed E-state index contributed by atoms with van der Waals surface area (Å²) < 4.78 is 32.3. The van der Waals surface area contributed by atoms with Crippen LogP contribution in [-0.2, 0) is 14.8 Å². The second kappa shape index (κ2) is 8.29. The van der Waals surface area contributed by atoms with E-state index in [1.54, 1.807) is 25.2 Å². The van der Waals surface area contributed by atoms with Gasteiger partial charge in [-0.3, -0.25) is 9.59 Å². The van der Waals surface area contributed by atoms with E-state index in [1.807, 2.05) is 6.92 Å². The van der Waals surface area contributed by atoms with Crippen LogP contribution in [0.3, 0.4) is 0 Å². The summed E-state index contributed by atoms with van der Waals surface area (Å²) in [6.45, 7) is 3.16. The Bertz CT molecular complexity index is 875. The van der Waals surface area contributed by atoms with Crippen LogP contribution in [-0.4, -0.2) is 38.6 Å². The minimum Gasteiger partial charge on any atom is -0.467 e. The van der Waals surface area contributed by atoms with E-state index in [2.05, 4.69) is 4.72 Å². The second-order valence-electron chi connectivity index (χ2n) is 5.93. The lowest BCUT2D eigenvalue weighted by Crippen LogP contribution is -2.33. The third-order valence-corrected chi connectivity index (χ3v) is 5.57. The number of benzene rings is 1. The van der Waals surface area contributed by atoms with Crippen molar-refractivity contribution in [2.24, 2.45) is 0 Å². The molecule has 7 nitrogen and oxygen atoms in total. The van der Waals surface area contributed by atoms with E-state index >= 15 is 0 Å². The van der Waals surface area contributed by atoms with E-state index in [9.17, 15) is 18.0 Å². The maximum atomic E-state index is 12.3. The van der Waals surface area contributed by atoms with E-state index in [0.29, 0.717) is 11.3 Å². The van der Waals surface area contributed by atoms with Crippen LogP contribution in [0.5, 0.6) is 0 Å². The van der Waals surface area contributed by atoms with Gasteiger partial charge in [0.2, 0.25) is 15.9 Å². The number of Topliss-reactive ketones (excluding diaryl/α,β-unsaturated/α-hetero) is 1. The standard InChI is InChI=1S/C18H22N2O5S/c1-13(17-8-5-11-25-17)20(3)18(22)9-10-19-26(23,24)16-7-4-6-15(12-16)14(2)21/h4-8,11-13,19H,9-10H2,1-3H3. The predicted octanol–water partition coefficient (Wildman–Crippen LogP) is 2.37. The number of hydrogen-bond acceptors (Lipinski definition) is 5. The van der Waals surface area contributed by atoms with Gasteiger partial charge in [0.15, 0.2) is 5.78 Å². The first kappa shape index (κ1) is 19.9. The van der Waals surface area contributed by atoms with E-state index in [0.717, 1.165) is 0 Å². The van der Waals surface area contributed by atoms with Gasteiger partial charge >= 0.3 is 0 Å². The summed E-state index contributed by atoms with van der Waals surface area (Å²) in [5.41, 5.74) is 0.316. The highest BCUT2D eigenvalue weighted by Gasteiger charge is 2.20. The fourth-order valence-electron chi connectivity index (χ4n) is 2.37. The maximum Gasteiger partial charge on any atom is 0.240 e. The molecule has 1 amide bonds. The number of sulfonamides is 1. The number of ketones is 1. The molecule has 1 atom stereocenters. The number of rotatable bonds is 8. The summed E-state index contributed by atoms with van der Waals surface area (Å²) in [6, 6.07) is 9.05. The van der Waals surface area contributed by atoms with Gasteiger partial charge in [0.25, 0.3) is 0 Å². The molecule has 0 radical (unpaired) electrons. The number of nitrogens with one attached hydrogen (secondary N) is 1.